The smallest absolute Gasteiger partial charge is 0.251 e. The van der Waals surface area contributed by atoms with Crippen LogP contribution >= 0.6 is 11.6 Å². The van der Waals surface area contributed by atoms with E-state index in [1.807, 2.05) is 6.92 Å². The van der Waals surface area contributed by atoms with Gasteiger partial charge >= 0.3 is 0 Å². The van der Waals surface area contributed by atoms with Gasteiger partial charge in [-0.15, -0.1) is 0 Å². The number of carbonyl (C=O) groups excluding carboxylic acids is 1. The molecule has 110 valence electrons. The van der Waals surface area contributed by atoms with Crippen LogP contribution in [0, 0.1) is 5.92 Å². The van der Waals surface area contributed by atoms with Crippen LogP contribution in [0.1, 0.15) is 49.9 Å². The second kappa shape index (κ2) is 6.93. The summed E-state index contributed by atoms with van der Waals surface area (Å²) in [5, 5.41) is 6.55. The predicted molar refractivity (Wildman–Crippen MR) is 82.3 cm³/mol. The molecule has 1 aromatic heterocycles. The van der Waals surface area contributed by atoms with Gasteiger partial charge in [0.1, 0.15) is 11.0 Å². The highest BCUT2D eigenvalue weighted by molar-refractivity contribution is 6.29. The third-order valence-electron chi connectivity index (χ3n) is 3.84. The maximum atomic E-state index is 12.3. The molecule has 1 amide bonds. The lowest BCUT2D eigenvalue weighted by molar-refractivity contribution is 0.0910. The predicted octanol–water partition coefficient (Wildman–Crippen LogP) is 3.48. The normalized spacial score (nSPS) is 22.4. The molecule has 1 fully saturated rings. The fourth-order valence-corrected chi connectivity index (χ4v) is 2.89. The Balaban J connectivity index is 2.08. The van der Waals surface area contributed by atoms with Gasteiger partial charge in [-0.2, -0.15) is 0 Å². The standard InChI is InChI=1S/C15H22ClN3O/c1-3-17-14-9-11(8-13(16)19-14)15(20)18-12-7-5-4-6-10(12)2/h8-10,12H,3-7H2,1-2H3,(H,17,19)(H,18,20). The molecule has 1 heterocycles. The van der Waals surface area contributed by atoms with E-state index in [0.717, 1.165) is 13.0 Å². The van der Waals surface area contributed by atoms with Gasteiger partial charge in [0.25, 0.3) is 5.91 Å². The van der Waals surface area contributed by atoms with Gasteiger partial charge < -0.3 is 10.6 Å². The lowest BCUT2D eigenvalue weighted by atomic mass is 9.86. The fraction of sp³-hybridized carbons (Fsp3) is 0.600. The maximum Gasteiger partial charge on any atom is 0.251 e. The highest BCUT2D eigenvalue weighted by Gasteiger charge is 2.23. The van der Waals surface area contributed by atoms with Crippen molar-refractivity contribution in [2.75, 3.05) is 11.9 Å². The van der Waals surface area contributed by atoms with Crippen molar-refractivity contribution in [2.45, 2.75) is 45.6 Å². The van der Waals surface area contributed by atoms with E-state index >= 15 is 0 Å². The molecule has 2 atom stereocenters. The first-order valence-corrected chi connectivity index (χ1v) is 7.70. The summed E-state index contributed by atoms with van der Waals surface area (Å²) in [5.41, 5.74) is 0.568. The van der Waals surface area contributed by atoms with Crippen molar-refractivity contribution in [1.29, 1.82) is 0 Å². The van der Waals surface area contributed by atoms with Crippen LogP contribution < -0.4 is 10.6 Å². The molecule has 2 rings (SSSR count). The Kier molecular flexibility index (Phi) is 5.24. The number of halogens is 1. The summed E-state index contributed by atoms with van der Waals surface area (Å²) in [5.74, 6) is 1.12. The number of hydrogen-bond donors (Lipinski definition) is 2. The molecule has 2 N–H and O–H groups in total. The summed E-state index contributed by atoms with van der Waals surface area (Å²) in [7, 11) is 0. The molecule has 1 aliphatic rings. The molecule has 0 aromatic carbocycles. The zero-order chi connectivity index (χ0) is 14.5. The van der Waals surface area contributed by atoms with Crippen LogP contribution in [0.5, 0.6) is 0 Å². The highest BCUT2D eigenvalue weighted by atomic mass is 35.5. The molecule has 5 heteroatoms. The van der Waals surface area contributed by atoms with Crippen molar-refractivity contribution in [1.82, 2.24) is 10.3 Å². The Morgan fingerprint density at radius 3 is 2.85 bits per heavy atom. The Morgan fingerprint density at radius 2 is 2.15 bits per heavy atom. The summed E-state index contributed by atoms with van der Waals surface area (Å²) in [4.78, 5) is 16.5. The van der Waals surface area contributed by atoms with Crippen molar-refractivity contribution >= 4 is 23.3 Å². The Labute approximate surface area is 125 Å². The number of carbonyl (C=O) groups is 1. The van der Waals surface area contributed by atoms with Crippen LogP contribution in [0.25, 0.3) is 0 Å². The average molecular weight is 296 g/mol. The van der Waals surface area contributed by atoms with Crippen molar-refractivity contribution < 1.29 is 4.79 Å². The Hall–Kier alpha value is -1.29. The van der Waals surface area contributed by atoms with Crippen LogP contribution in [-0.2, 0) is 0 Å². The second-order valence-electron chi connectivity index (χ2n) is 5.44. The molecule has 1 aromatic rings. The van der Waals surface area contributed by atoms with Crippen LogP contribution in [0.4, 0.5) is 5.82 Å². The summed E-state index contributed by atoms with van der Waals surface area (Å²) in [6.45, 7) is 4.92. The maximum absolute atomic E-state index is 12.3. The number of nitrogens with zero attached hydrogens (tertiary/aromatic N) is 1. The first kappa shape index (κ1) is 15.1. The summed E-state index contributed by atoms with van der Waals surface area (Å²) < 4.78 is 0. The molecule has 0 radical (unpaired) electrons. The number of amides is 1. The number of rotatable bonds is 4. The SMILES string of the molecule is CCNc1cc(C(=O)NC2CCCCC2C)cc(Cl)n1. The van der Waals surface area contributed by atoms with Gasteiger partial charge in [0.2, 0.25) is 0 Å². The minimum absolute atomic E-state index is 0.0628. The van der Waals surface area contributed by atoms with Gasteiger partial charge in [-0.3, -0.25) is 4.79 Å². The van der Waals surface area contributed by atoms with Gasteiger partial charge in [0.15, 0.2) is 0 Å². The highest BCUT2D eigenvalue weighted by Crippen LogP contribution is 2.24. The molecule has 0 saturated heterocycles. The molecule has 0 bridgehead atoms. The number of hydrogen-bond acceptors (Lipinski definition) is 3. The zero-order valence-corrected chi connectivity index (χ0v) is 12.8. The number of pyridine rings is 1. The Bertz CT molecular complexity index is 478. The second-order valence-corrected chi connectivity index (χ2v) is 5.82. The molecule has 2 unspecified atom stereocenters. The van der Waals surface area contributed by atoms with E-state index in [2.05, 4.69) is 22.5 Å². The summed E-state index contributed by atoms with van der Waals surface area (Å²) >= 11 is 5.97. The van der Waals surface area contributed by atoms with Crippen LogP contribution in [-0.4, -0.2) is 23.5 Å². The van der Waals surface area contributed by atoms with E-state index < -0.39 is 0 Å². The van der Waals surface area contributed by atoms with E-state index in [9.17, 15) is 4.79 Å². The molecular formula is C15H22ClN3O. The van der Waals surface area contributed by atoms with Gasteiger partial charge in [-0.25, -0.2) is 4.98 Å². The van der Waals surface area contributed by atoms with Crippen LogP contribution in [0.3, 0.4) is 0 Å². The molecule has 1 saturated carbocycles. The molecule has 4 nitrogen and oxygen atoms in total. The summed E-state index contributed by atoms with van der Waals surface area (Å²) in [6, 6.07) is 3.63. The van der Waals surface area contributed by atoms with Gasteiger partial charge in [-0.05, 0) is 37.8 Å². The lowest BCUT2D eigenvalue weighted by Crippen LogP contribution is -2.41. The molecule has 0 aliphatic heterocycles. The van der Waals surface area contributed by atoms with Crippen molar-refractivity contribution in [3.8, 4) is 0 Å². The van der Waals surface area contributed by atoms with E-state index in [4.69, 9.17) is 11.6 Å². The van der Waals surface area contributed by atoms with E-state index in [1.54, 1.807) is 12.1 Å². The monoisotopic (exact) mass is 295 g/mol. The van der Waals surface area contributed by atoms with Gasteiger partial charge in [-0.1, -0.05) is 31.4 Å². The van der Waals surface area contributed by atoms with Crippen LogP contribution in [0.2, 0.25) is 5.15 Å². The zero-order valence-electron chi connectivity index (χ0n) is 12.1. The number of anilines is 1. The van der Waals surface area contributed by atoms with Crippen molar-refractivity contribution in [2.24, 2.45) is 5.92 Å². The minimum Gasteiger partial charge on any atom is -0.370 e. The third-order valence-corrected chi connectivity index (χ3v) is 4.04. The first-order chi connectivity index (χ1) is 9.60. The van der Waals surface area contributed by atoms with Crippen molar-refractivity contribution in [3.05, 3.63) is 22.8 Å². The number of aromatic nitrogens is 1. The molecule has 1 aliphatic carbocycles. The molecule has 20 heavy (non-hydrogen) atoms. The Morgan fingerprint density at radius 1 is 1.40 bits per heavy atom. The largest absolute Gasteiger partial charge is 0.370 e. The van der Waals surface area contributed by atoms with E-state index in [-0.39, 0.29) is 11.9 Å². The third kappa shape index (κ3) is 3.85. The van der Waals surface area contributed by atoms with E-state index in [0.29, 0.717) is 22.5 Å². The lowest BCUT2D eigenvalue weighted by Gasteiger charge is -2.29. The van der Waals surface area contributed by atoms with E-state index in [1.165, 1.54) is 19.3 Å². The fourth-order valence-electron chi connectivity index (χ4n) is 2.68. The van der Waals surface area contributed by atoms with Gasteiger partial charge in [0.05, 0.1) is 0 Å². The summed E-state index contributed by atoms with van der Waals surface area (Å²) in [6.07, 6.45) is 4.70. The molecular weight excluding hydrogens is 274 g/mol. The topological polar surface area (TPSA) is 54.0 Å². The van der Waals surface area contributed by atoms with Crippen molar-refractivity contribution in [3.63, 3.8) is 0 Å². The quantitative estimate of drug-likeness (QED) is 0.836. The van der Waals surface area contributed by atoms with Crippen LogP contribution in [0.15, 0.2) is 12.1 Å². The first-order valence-electron chi connectivity index (χ1n) is 7.32. The molecule has 0 spiro atoms. The van der Waals surface area contributed by atoms with Gasteiger partial charge in [0, 0.05) is 18.2 Å². The number of nitrogens with one attached hydrogen (secondary N) is 2. The average Bonchev–Trinajstić information content (AvgIpc) is 2.41. The minimum atomic E-state index is -0.0628.